The van der Waals surface area contributed by atoms with Crippen LogP contribution in [-0.4, -0.2) is 26.1 Å². The van der Waals surface area contributed by atoms with Crippen LogP contribution in [-0.2, 0) is 4.74 Å². The van der Waals surface area contributed by atoms with Crippen molar-refractivity contribution in [1.82, 2.24) is 0 Å². The van der Waals surface area contributed by atoms with Crippen LogP contribution < -0.4 is 5.19 Å². The predicted molar refractivity (Wildman–Crippen MR) is 110 cm³/mol. The minimum absolute atomic E-state index is 0.142. The van der Waals surface area contributed by atoms with Gasteiger partial charge >= 0.3 is 0 Å². The Hall–Kier alpha value is -2.13. The maximum absolute atomic E-state index is 5.92. The van der Waals surface area contributed by atoms with Gasteiger partial charge in [0.15, 0.2) is 0 Å². The molecule has 25 heavy (non-hydrogen) atoms. The van der Waals surface area contributed by atoms with Gasteiger partial charge in [-0.15, -0.1) is 0 Å². The number of nitrogens with zero attached hydrogens (tertiary/aromatic N) is 1. The molecule has 0 saturated heterocycles. The van der Waals surface area contributed by atoms with Crippen LogP contribution in [0.2, 0.25) is 13.1 Å². The van der Waals surface area contributed by atoms with E-state index in [2.05, 4.69) is 94.2 Å². The lowest BCUT2D eigenvalue weighted by atomic mass is 10.0. The number of benzene rings is 2. The number of hydrogen-bond donors (Lipinski definition) is 0. The first-order chi connectivity index (χ1) is 11.8. The van der Waals surface area contributed by atoms with Gasteiger partial charge in [0.1, 0.15) is 14.7 Å². The molecule has 0 aromatic heterocycles. The highest BCUT2D eigenvalue weighted by molar-refractivity contribution is 6.94. The minimum atomic E-state index is -1.63. The molecule has 2 nitrogen and oxygen atoms in total. The SMILES string of the molecule is Cc1cccc(/C=C/[Si](C)(C)c2ccccc2)c1C1=NC(C)(C)CO1. The molecule has 3 heteroatoms. The third kappa shape index (κ3) is 3.93. The molecule has 0 radical (unpaired) electrons. The highest BCUT2D eigenvalue weighted by Gasteiger charge is 2.29. The van der Waals surface area contributed by atoms with Crippen molar-refractivity contribution in [2.45, 2.75) is 39.4 Å². The van der Waals surface area contributed by atoms with Crippen LogP contribution in [0.1, 0.15) is 30.5 Å². The van der Waals surface area contributed by atoms with E-state index in [1.54, 1.807) is 0 Å². The van der Waals surface area contributed by atoms with Crippen LogP contribution in [0, 0.1) is 6.92 Å². The van der Waals surface area contributed by atoms with E-state index in [-0.39, 0.29) is 5.54 Å². The van der Waals surface area contributed by atoms with Crippen LogP contribution in [0.5, 0.6) is 0 Å². The number of aryl methyl sites for hydroxylation is 1. The molecule has 1 aliphatic heterocycles. The smallest absolute Gasteiger partial charge is 0.217 e. The lowest BCUT2D eigenvalue weighted by Crippen LogP contribution is -2.39. The van der Waals surface area contributed by atoms with E-state index in [0.717, 1.165) is 11.5 Å². The summed E-state index contributed by atoms with van der Waals surface area (Å²) in [4.78, 5) is 4.79. The number of aliphatic imine (C=N–C) groups is 1. The summed E-state index contributed by atoms with van der Waals surface area (Å²) in [5, 5.41) is 1.44. The van der Waals surface area contributed by atoms with Gasteiger partial charge in [-0.2, -0.15) is 0 Å². The molecule has 0 saturated carbocycles. The van der Waals surface area contributed by atoms with E-state index in [1.165, 1.54) is 16.3 Å². The summed E-state index contributed by atoms with van der Waals surface area (Å²) in [5.74, 6) is 0.780. The van der Waals surface area contributed by atoms with Gasteiger partial charge in [0.25, 0.3) is 0 Å². The zero-order valence-corrected chi connectivity index (χ0v) is 16.8. The van der Waals surface area contributed by atoms with Crippen molar-refractivity contribution in [3.8, 4) is 0 Å². The second-order valence-corrected chi connectivity index (χ2v) is 12.3. The topological polar surface area (TPSA) is 21.6 Å². The lowest BCUT2D eigenvalue weighted by Gasteiger charge is -2.18. The maximum atomic E-state index is 5.92. The Kier molecular flexibility index (Phi) is 4.70. The van der Waals surface area contributed by atoms with Gasteiger partial charge in [-0.3, -0.25) is 0 Å². The maximum Gasteiger partial charge on any atom is 0.217 e. The second kappa shape index (κ2) is 6.64. The third-order valence-electron chi connectivity index (χ3n) is 4.68. The molecular weight excluding hydrogens is 322 g/mol. The lowest BCUT2D eigenvalue weighted by molar-refractivity contribution is 0.279. The molecule has 1 aliphatic rings. The Morgan fingerprint density at radius 1 is 1.04 bits per heavy atom. The fraction of sp³-hybridized carbons (Fsp3) is 0.318. The summed E-state index contributed by atoms with van der Waals surface area (Å²) in [7, 11) is -1.63. The molecule has 3 rings (SSSR count). The molecule has 1 heterocycles. The van der Waals surface area contributed by atoms with Gasteiger partial charge < -0.3 is 4.74 Å². The van der Waals surface area contributed by atoms with E-state index < -0.39 is 8.07 Å². The van der Waals surface area contributed by atoms with Crippen molar-refractivity contribution in [2.75, 3.05) is 6.61 Å². The van der Waals surface area contributed by atoms with Gasteiger partial charge in [-0.05, 0) is 31.9 Å². The van der Waals surface area contributed by atoms with Gasteiger partial charge in [0.2, 0.25) is 5.90 Å². The first-order valence-corrected chi connectivity index (χ1v) is 11.9. The molecule has 0 aliphatic carbocycles. The van der Waals surface area contributed by atoms with Crippen LogP contribution in [0.25, 0.3) is 6.08 Å². The molecule has 2 aromatic carbocycles. The molecule has 0 atom stereocenters. The van der Waals surface area contributed by atoms with Crippen molar-refractivity contribution < 1.29 is 4.74 Å². The van der Waals surface area contributed by atoms with Crippen LogP contribution in [0.15, 0.2) is 59.2 Å². The Labute approximate surface area is 152 Å². The molecule has 2 aromatic rings. The molecule has 130 valence electrons. The van der Waals surface area contributed by atoms with Crippen molar-refractivity contribution in [3.63, 3.8) is 0 Å². The van der Waals surface area contributed by atoms with Crippen molar-refractivity contribution >= 4 is 25.2 Å². The van der Waals surface area contributed by atoms with Crippen molar-refractivity contribution in [3.05, 3.63) is 70.9 Å². The Morgan fingerprint density at radius 3 is 2.40 bits per heavy atom. The van der Waals surface area contributed by atoms with Crippen LogP contribution >= 0.6 is 0 Å². The molecule has 0 spiro atoms. The summed E-state index contributed by atoms with van der Waals surface area (Å²) in [6, 6.07) is 17.2. The fourth-order valence-electron chi connectivity index (χ4n) is 3.10. The van der Waals surface area contributed by atoms with E-state index in [0.29, 0.717) is 6.61 Å². The Morgan fingerprint density at radius 2 is 1.76 bits per heavy atom. The normalized spacial score (nSPS) is 16.8. The highest BCUT2D eigenvalue weighted by atomic mass is 28.3. The second-order valence-electron chi connectivity index (χ2n) is 7.98. The summed E-state index contributed by atoms with van der Waals surface area (Å²) < 4.78 is 5.92. The Balaban J connectivity index is 1.98. The summed E-state index contributed by atoms with van der Waals surface area (Å²) in [5.41, 5.74) is 5.78. The summed E-state index contributed by atoms with van der Waals surface area (Å²) in [6.07, 6.45) is 2.26. The average Bonchev–Trinajstić information content (AvgIpc) is 2.93. The van der Waals surface area contributed by atoms with Gasteiger partial charge in [-0.25, -0.2) is 4.99 Å². The fourth-order valence-corrected chi connectivity index (χ4v) is 4.94. The average molecular weight is 350 g/mol. The molecule has 0 unspecified atom stereocenters. The zero-order valence-electron chi connectivity index (χ0n) is 15.8. The minimum Gasteiger partial charge on any atom is -0.475 e. The van der Waals surface area contributed by atoms with E-state index in [4.69, 9.17) is 9.73 Å². The monoisotopic (exact) mass is 349 g/mol. The van der Waals surface area contributed by atoms with E-state index >= 15 is 0 Å². The third-order valence-corrected chi connectivity index (χ3v) is 7.50. The highest BCUT2D eigenvalue weighted by Crippen LogP contribution is 2.26. The number of rotatable bonds is 4. The van der Waals surface area contributed by atoms with E-state index in [9.17, 15) is 0 Å². The van der Waals surface area contributed by atoms with Crippen LogP contribution in [0.3, 0.4) is 0 Å². The van der Waals surface area contributed by atoms with Gasteiger partial charge in [0.05, 0.1) is 5.54 Å². The molecular formula is C22H27NOSi. The quantitative estimate of drug-likeness (QED) is 0.732. The number of hydrogen-bond acceptors (Lipinski definition) is 2. The van der Waals surface area contributed by atoms with Gasteiger partial charge in [0, 0.05) is 5.56 Å². The Bertz CT molecular complexity index is 819. The first kappa shape index (κ1) is 17.7. The number of ether oxygens (including phenoxy) is 1. The summed E-state index contributed by atoms with van der Waals surface area (Å²) in [6.45, 7) is 11.7. The van der Waals surface area contributed by atoms with Crippen LogP contribution in [0.4, 0.5) is 0 Å². The standard InChI is InChI=1S/C22H27NOSi/c1-17-10-9-11-18(20(17)21-23-22(2,3)16-24-21)14-15-25(4,5)19-12-7-6-8-13-19/h6-15H,16H2,1-5H3/b15-14+. The molecule has 0 fully saturated rings. The molecule has 0 N–H and O–H groups in total. The van der Waals surface area contributed by atoms with Gasteiger partial charge in [-0.1, -0.05) is 78.6 Å². The first-order valence-electron chi connectivity index (χ1n) is 8.86. The largest absolute Gasteiger partial charge is 0.475 e. The van der Waals surface area contributed by atoms with Crippen molar-refractivity contribution in [1.29, 1.82) is 0 Å². The van der Waals surface area contributed by atoms with E-state index in [1.807, 2.05) is 0 Å². The summed E-state index contributed by atoms with van der Waals surface area (Å²) >= 11 is 0. The van der Waals surface area contributed by atoms with Crippen molar-refractivity contribution in [2.24, 2.45) is 4.99 Å². The predicted octanol–water partition coefficient (Wildman–Crippen LogP) is 4.72. The zero-order chi connectivity index (χ0) is 18.1. The molecule has 0 amide bonds. The molecule has 0 bridgehead atoms.